The molecule has 0 atom stereocenters. The number of benzene rings is 1. The van der Waals surface area contributed by atoms with Gasteiger partial charge < -0.3 is 4.90 Å². The lowest BCUT2D eigenvalue weighted by molar-refractivity contribution is 0.250. The van der Waals surface area contributed by atoms with Gasteiger partial charge >= 0.3 is 0 Å². The second-order valence-electron chi connectivity index (χ2n) is 5.72. The molecule has 2 aromatic heterocycles. The summed E-state index contributed by atoms with van der Waals surface area (Å²) >= 11 is 7.81. The maximum atomic E-state index is 6.27. The fraction of sp³-hybridized carbons (Fsp3) is 0.400. The second kappa shape index (κ2) is 5.61. The van der Waals surface area contributed by atoms with Crippen LogP contribution in [0.25, 0.3) is 15.5 Å². The van der Waals surface area contributed by atoms with E-state index in [1.54, 1.807) is 0 Å². The third-order valence-corrected chi connectivity index (χ3v) is 5.46. The zero-order valence-electron chi connectivity index (χ0n) is 12.2. The van der Waals surface area contributed by atoms with E-state index in [1.807, 2.05) is 28.8 Å². The Kier molecular flexibility index (Phi) is 3.60. The van der Waals surface area contributed by atoms with Crippen molar-refractivity contribution in [1.29, 1.82) is 0 Å². The Balaban J connectivity index is 1.72. The van der Waals surface area contributed by atoms with Crippen molar-refractivity contribution in [2.75, 3.05) is 20.1 Å². The molecule has 0 saturated carbocycles. The molecule has 0 bridgehead atoms. The highest BCUT2D eigenvalue weighted by Crippen LogP contribution is 2.33. The molecule has 3 aromatic rings. The minimum Gasteiger partial charge on any atom is -0.306 e. The highest BCUT2D eigenvalue weighted by Gasteiger charge is 2.25. The third-order valence-electron chi connectivity index (χ3n) is 4.20. The molecule has 1 aliphatic rings. The van der Waals surface area contributed by atoms with Gasteiger partial charge in [-0.15, -0.1) is 10.2 Å². The van der Waals surface area contributed by atoms with Gasteiger partial charge in [-0.25, -0.2) is 0 Å². The summed E-state index contributed by atoms with van der Waals surface area (Å²) in [6, 6.07) is 7.78. The van der Waals surface area contributed by atoms with Gasteiger partial charge in [-0.1, -0.05) is 41.1 Å². The zero-order chi connectivity index (χ0) is 15.1. The monoisotopic (exact) mass is 333 g/mol. The second-order valence-corrected chi connectivity index (χ2v) is 7.08. The van der Waals surface area contributed by atoms with E-state index in [0.29, 0.717) is 10.9 Å². The molecule has 22 heavy (non-hydrogen) atoms. The first kappa shape index (κ1) is 14.1. The number of likely N-dealkylation sites (tertiary alicyclic amines) is 1. The van der Waals surface area contributed by atoms with Crippen LogP contribution in [-0.4, -0.2) is 44.8 Å². The van der Waals surface area contributed by atoms with Gasteiger partial charge in [0, 0.05) is 11.5 Å². The van der Waals surface area contributed by atoms with Gasteiger partial charge in [0.05, 0.1) is 5.02 Å². The Hall–Kier alpha value is -1.50. The molecule has 0 unspecified atom stereocenters. The van der Waals surface area contributed by atoms with E-state index < -0.39 is 0 Å². The number of piperidine rings is 1. The summed E-state index contributed by atoms with van der Waals surface area (Å²) in [5.41, 5.74) is 0.953. The van der Waals surface area contributed by atoms with E-state index in [1.165, 1.54) is 11.3 Å². The standard InChI is InChI=1S/C15H16ClN5S/c1-20-8-6-10(7-9-20)13-17-18-15-21(13)19-14(22-15)11-4-2-3-5-12(11)16/h2-5,10H,6-9H2,1H3. The van der Waals surface area contributed by atoms with Crippen molar-refractivity contribution in [3.05, 3.63) is 35.1 Å². The molecular weight excluding hydrogens is 318 g/mol. The van der Waals surface area contributed by atoms with Crippen LogP contribution in [0.2, 0.25) is 5.02 Å². The average Bonchev–Trinajstić information content (AvgIpc) is 3.09. The maximum Gasteiger partial charge on any atom is 0.234 e. The van der Waals surface area contributed by atoms with Crippen LogP contribution in [0.1, 0.15) is 24.6 Å². The summed E-state index contributed by atoms with van der Waals surface area (Å²) in [6.45, 7) is 2.20. The maximum absolute atomic E-state index is 6.27. The number of halogens is 1. The van der Waals surface area contributed by atoms with E-state index in [-0.39, 0.29) is 0 Å². The number of rotatable bonds is 2. The van der Waals surface area contributed by atoms with Gasteiger partial charge in [0.25, 0.3) is 0 Å². The molecule has 0 N–H and O–H groups in total. The lowest BCUT2D eigenvalue weighted by Gasteiger charge is -2.27. The Morgan fingerprint density at radius 2 is 1.95 bits per heavy atom. The first-order valence-electron chi connectivity index (χ1n) is 7.38. The van der Waals surface area contributed by atoms with Crippen LogP contribution >= 0.6 is 22.9 Å². The molecule has 1 saturated heterocycles. The molecular formula is C15H16ClN5S. The van der Waals surface area contributed by atoms with Crippen LogP contribution in [0, 0.1) is 0 Å². The Bertz CT molecular complexity index is 803. The number of hydrogen-bond donors (Lipinski definition) is 0. The minimum absolute atomic E-state index is 0.437. The van der Waals surface area contributed by atoms with Crippen molar-refractivity contribution in [2.24, 2.45) is 0 Å². The predicted molar refractivity (Wildman–Crippen MR) is 88.6 cm³/mol. The normalized spacial score (nSPS) is 17.4. The Morgan fingerprint density at radius 1 is 1.18 bits per heavy atom. The van der Waals surface area contributed by atoms with Crippen molar-refractivity contribution in [3.63, 3.8) is 0 Å². The lowest BCUT2D eigenvalue weighted by atomic mass is 9.96. The Labute approximate surface area is 137 Å². The van der Waals surface area contributed by atoms with Gasteiger partial charge in [-0.3, -0.25) is 0 Å². The molecule has 4 rings (SSSR count). The van der Waals surface area contributed by atoms with Crippen molar-refractivity contribution in [3.8, 4) is 10.6 Å². The van der Waals surface area contributed by atoms with Gasteiger partial charge in [-0.2, -0.15) is 9.61 Å². The van der Waals surface area contributed by atoms with Crippen molar-refractivity contribution >= 4 is 27.9 Å². The van der Waals surface area contributed by atoms with Crippen LogP contribution < -0.4 is 0 Å². The van der Waals surface area contributed by atoms with Crippen LogP contribution in [0.3, 0.4) is 0 Å². The van der Waals surface area contributed by atoms with Crippen molar-refractivity contribution in [1.82, 2.24) is 24.7 Å². The third kappa shape index (κ3) is 2.41. The van der Waals surface area contributed by atoms with Crippen molar-refractivity contribution < 1.29 is 0 Å². The molecule has 0 amide bonds. The molecule has 1 aromatic carbocycles. The van der Waals surface area contributed by atoms with Crippen LogP contribution in [0.4, 0.5) is 0 Å². The summed E-state index contributed by atoms with van der Waals surface area (Å²) in [6.07, 6.45) is 2.21. The summed E-state index contributed by atoms with van der Waals surface area (Å²) in [4.78, 5) is 3.19. The summed E-state index contributed by atoms with van der Waals surface area (Å²) in [5.74, 6) is 1.42. The highest BCUT2D eigenvalue weighted by atomic mass is 35.5. The van der Waals surface area contributed by atoms with Crippen LogP contribution in [-0.2, 0) is 0 Å². The molecule has 5 nitrogen and oxygen atoms in total. The van der Waals surface area contributed by atoms with E-state index in [0.717, 1.165) is 47.3 Å². The molecule has 0 aliphatic carbocycles. The van der Waals surface area contributed by atoms with Gasteiger partial charge in [-0.05, 0) is 39.0 Å². The molecule has 0 radical (unpaired) electrons. The highest BCUT2D eigenvalue weighted by molar-refractivity contribution is 7.19. The first-order chi connectivity index (χ1) is 10.7. The molecule has 0 spiro atoms. The molecule has 114 valence electrons. The van der Waals surface area contributed by atoms with Gasteiger partial charge in [0.15, 0.2) is 5.82 Å². The smallest absolute Gasteiger partial charge is 0.234 e. The largest absolute Gasteiger partial charge is 0.306 e. The molecule has 1 fully saturated rings. The van der Waals surface area contributed by atoms with Crippen molar-refractivity contribution in [2.45, 2.75) is 18.8 Å². The van der Waals surface area contributed by atoms with Crippen LogP contribution in [0.5, 0.6) is 0 Å². The SMILES string of the molecule is CN1CCC(c2nnc3sc(-c4ccccc4Cl)nn23)CC1. The van der Waals surface area contributed by atoms with Crippen LogP contribution in [0.15, 0.2) is 24.3 Å². The van der Waals surface area contributed by atoms with E-state index in [9.17, 15) is 0 Å². The summed E-state index contributed by atoms with van der Waals surface area (Å²) in [5, 5.41) is 15.0. The lowest BCUT2D eigenvalue weighted by Crippen LogP contribution is -2.30. The fourth-order valence-corrected chi connectivity index (χ4v) is 4.06. The first-order valence-corrected chi connectivity index (χ1v) is 8.57. The zero-order valence-corrected chi connectivity index (χ0v) is 13.8. The van der Waals surface area contributed by atoms with E-state index in [2.05, 4.69) is 22.1 Å². The molecule has 3 heterocycles. The summed E-state index contributed by atoms with van der Waals surface area (Å²) in [7, 11) is 2.16. The quantitative estimate of drug-likeness (QED) is 0.721. The number of fused-ring (bicyclic) bond motifs is 1. The number of nitrogens with zero attached hydrogens (tertiary/aromatic N) is 5. The van der Waals surface area contributed by atoms with Gasteiger partial charge in [0.1, 0.15) is 5.01 Å². The topological polar surface area (TPSA) is 46.3 Å². The number of hydrogen-bond acceptors (Lipinski definition) is 5. The van der Waals surface area contributed by atoms with E-state index >= 15 is 0 Å². The molecule has 1 aliphatic heterocycles. The minimum atomic E-state index is 0.437. The van der Waals surface area contributed by atoms with E-state index in [4.69, 9.17) is 16.7 Å². The Morgan fingerprint density at radius 3 is 2.73 bits per heavy atom. The average molecular weight is 334 g/mol. The summed E-state index contributed by atoms with van der Waals surface area (Å²) < 4.78 is 1.90. The fourth-order valence-electron chi connectivity index (χ4n) is 2.90. The molecule has 7 heteroatoms. The van der Waals surface area contributed by atoms with Gasteiger partial charge in [0.2, 0.25) is 4.96 Å². The number of aromatic nitrogens is 4. The predicted octanol–water partition coefficient (Wildman–Crippen LogP) is 3.32.